The third kappa shape index (κ3) is 6.44. The summed E-state index contributed by atoms with van der Waals surface area (Å²) in [5.74, 6) is -5.10. The molecular weight excluding hydrogens is 472 g/mol. The molecule has 0 amide bonds. The van der Waals surface area contributed by atoms with Crippen molar-refractivity contribution in [3.05, 3.63) is 17.0 Å². The zero-order valence-corrected chi connectivity index (χ0v) is 21.7. The molecule has 0 aliphatic heterocycles. The Bertz CT molecular complexity index is 978. The van der Waals surface area contributed by atoms with Crippen LogP contribution in [0.1, 0.15) is 85.3 Å². The highest BCUT2D eigenvalue weighted by molar-refractivity contribution is 6.38. The monoisotopic (exact) mass is 508 g/mol. The maximum Gasteiger partial charge on any atom is 0.375 e. The SMILES string of the molecule is CCOC(=O)C(=O)C1CCCCC(OC)(OC)C1=O.CCOC(=O)c1c2c(nn1C)C(=O)CCCC2. The van der Waals surface area contributed by atoms with E-state index in [0.29, 0.717) is 50.1 Å². The number of carbonyl (C=O) groups is 5. The van der Waals surface area contributed by atoms with Gasteiger partial charge >= 0.3 is 11.9 Å². The van der Waals surface area contributed by atoms with Gasteiger partial charge in [-0.1, -0.05) is 6.42 Å². The zero-order chi connectivity index (χ0) is 26.9. The first-order valence-electron chi connectivity index (χ1n) is 12.3. The van der Waals surface area contributed by atoms with Crippen molar-refractivity contribution in [1.82, 2.24) is 9.78 Å². The number of hydrogen-bond donors (Lipinski definition) is 0. The van der Waals surface area contributed by atoms with Gasteiger partial charge in [0.25, 0.3) is 5.78 Å². The molecule has 200 valence electrons. The summed E-state index contributed by atoms with van der Waals surface area (Å²) in [6.07, 6.45) is 5.08. The second-order valence-corrected chi connectivity index (χ2v) is 8.56. The summed E-state index contributed by atoms with van der Waals surface area (Å²) < 4.78 is 21.4. The molecule has 1 atom stereocenters. The molecule has 1 fully saturated rings. The maximum atomic E-state index is 12.4. The highest BCUT2D eigenvalue weighted by Crippen LogP contribution is 2.32. The van der Waals surface area contributed by atoms with Gasteiger partial charge < -0.3 is 18.9 Å². The predicted octanol–water partition coefficient (Wildman–Crippen LogP) is 2.37. The van der Waals surface area contributed by atoms with Crippen LogP contribution in [0.15, 0.2) is 0 Å². The van der Waals surface area contributed by atoms with Gasteiger partial charge in [0.05, 0.1) is 19.1 Å². The van der Waals surface area contributed by atoms with Crippen molar-refractivity contribution in [2.24, 2.45) is 13.0 Å². The van der Waals surface area contributed by atoms with Gasteiger partial charge in [0.2, 0.25) is 11.6 Å². The van der Waals surface area contributed by atoms with Gasteiger partial charge in [0.15, 0.2) is 5.78 Å². The first-order chi connectivity index (χ1) is 17.2. The van der Waals surface area contributed by atoms with E-state index in [9.17, 15) is 24.0 Å². The number of aryl methyl sites for hydroxylation is 1. The van der Waals surface area contributed by atoms with Crippen LogP contribution < -0.4 is 0 Å². The Balaban J connectivity index is 0.000000255. The van der Waals surface area contributed by atoms with Crippen LogP contribution >= 0.6 is 0 Å². The maximum absolute atomic E-state index is 12.4. The largest absolute Gasteiger partial charge is 0.461 e. The molecule has 2 aliphatic rings. The molecule has 1 aromatic heterocycles. The normalized spacial score (nSPS) is 19.2. The highest BCUT2D eigenvalue weighted by Gasteiger charge is 2.48. The summed E-state index contributed by atoms with van der Waals surface area (Å²) in [6.45, 7) is 3.80. The third-order valence-corrected chi connectivity index (χ3v) is 6.35. The molecule has 11 heteroatoms. The Morgan fingerprint density at radius 3 is 2.22 bits per heavy atom. The van der Waals surface area contributed by atoms with Crippen LogP contribution in [-0.4, -0.2) is 72.3 Å². The van der Waals surface area contributed by atoms with E-state index in [0.717, 1.165) is 24.8 Å². The molecule has 1 saturated carbocycles. The van der Waals surface area contributed by atoms with Crippen LogP contribution in [0.5, 0.6) is 0 Å². The Labute approximate surface area is 210 Å². The number of Topliss-reactive ketones (excluding diaryl/α,β-unsaturated/α-hetero) is 3. The number of nitrogens with zero attached hydrogens (tertiary/aromatic N) is 2. The van der Waals surface area contributed by atoms with Crippen LogP contribution in [0.3, 0.4) is 0 Å². The Hall–Kier alpha value is -2.92. The number of carbonyl (C=O) groups excluding carboxylic acids is 5. The summed E-state index contributed by atoms with van der Waals surface area (Å²) in [7, 11) is 4.39. The molecule has 1 unspecified atom stereocenters. The third-order valence-electron chi connectivity index (χ3n) is 6.35. The average Bonchev–Trinajstić information content (AvgIpc) is 2.97. The molecule has 0 radical (unpaired) electrons. The highest BCUT2D eigenvalue weighted by atomic mass is 16.7. The Morgan fingerprint density at radius 2 is 1.61 bits per heavy atom. The number of ether oxygens (including phenoxy) is 4. The number of ketones is 3. The van der Waals surface area contributed by atoms with Gasteiger partial charge in [-0.3, -0.25) is 19.1 Å². The Morgan fingerprint density at radius 1 is 0.972 bits per heavy atom. The first-order valence-corrected chi connectivity index (χ1v) is 12.3. The van der Waals surface area contributed by atoms with Crippen LogP contribution in [0, 0.1) is 5.92 Å². The van der Waals surface area contributed by atoms with Gasteiger partial charge in [-0.25, -0.2) is 9.59 Å². The summed E-state index contributed by atoms with van der Waals surface area (Å²) in [4.78, 5) is 59.5. The summed E-state index contributed by atoms with van der Waals surface area (Å²) in [5, 5.41) is 4.16. The van der Waals surface area contributed by atoms with Crippen molar-refractivity contribution >= 4 is 29.3 Å². The molecule has 0 aromatic carbocycles. The summed E-state index contributed by atoms with van der Waals surface area (Å²) in [5.41, 5.74) is 1.64. The lowest BCUT2D eigenvalue weighted by Gasteiger charge is -2.29. The van der Waals surface area contributed by atoms with E-state index in [4.69, 9.17) is 14.2 Å². The fourth-order valence-corrected chi connectivity index (χ4v) is 4.50. The molecule has 0 bridgehead atoms. The van der Waals surface area contributed by atoms with Gasteiger partial charge in [-0.15, -0.1) is 0 Å². The number of esters is 2. The van der Waals surface area contributed by atoms with E-state index >= 15 is 0 Å². The molecule has 1 aromatic rings. The zero-order valence-electron chi connectivity index (χ0n) is 21.7. The Kier molecular flexibility index (Phi) is 10.9. The van der Waals surface area contributed by atoms with Crippen molar-refractivity contribution in [3.8, 4) is 0 Å². The minimum atomic E-state index is -1.43. The van der Waals surface area contributed by atoms with Crippen molar-refractivity contribution in [2.75, 3.05) is 27.4 Å². The van der Waals surface area contributed by atoms with Crippen molar-refractivity contribution < 1.29 is 42.9 Å². The number of rotatable bonds is 7. The van der Waals surface area contributed by atoms with Crippen LogP contribution in [-0.2, 0) is 46.8 Å². The second kappa shape index (κ2) is 13.4. The second-order valence-electron chi connectivity index (χ2n) is 8.56. The predicted molar refractivity (Wildman–Crippen MR) is 126 cm³/mol. The molecule has 36 heavy (non-hydrogen) atoms. The average molecular weight is 509 g/mol. The molecule has 1 heterocycles. The fraction of sp³-hybridized carbons (Fsp3) is 0.680. The summed E-state index contributed by atoms with van der Waals surface area (Å²) in [6, 6.07) is 0. The van der Waals surface area contributed by atoms with Crippen molar-refractivity contribution in [1.29, 1.82) is 0 Å². The minimum Gasteiger partial charge on any atom is -0.461 e. The van der Waals surface area contributed by atoms with Crippen molar-refractivity contribution in [3.63, 3.8) is 0 Å². The van der Waals surface area contributed by atoms with Gasteiger partial charge in [0.1, 0.15) is 11.4 Å². The van der Waals surface area contributed by atoms with E-state index in [1.165, 1.54) is 18.9 Å². The van der Waals surface area contributed by atoms with Crippen LogP contribution in [0.25, 0.3) is 0 Å². The molecule has 2 aliphatic carbocycles. The topological polar surface area (TPSA) is 140 Å². The van der Waals surface area contributed by atoms with Crippen LogP contribution in [0.4, 0.5) is 0 Å². The number of methoxy groups -OCH3 is 2. The molecule has 0 N–H and O–H groups in total. The summed E-state index contributed by atoms with van der Waals surface area (Å²) >= 11 is 0. The number of aromatic nitrogens is 2. The van der Waals surface area contributed by atoms with Crippen molar-refractivity contribution in [2.45, 2.75) is 71.0 Å². The lowest BCUT2D eigenvalue weighted by atomic mass is 9.91. The van der Waals surface area contributed by atoms with E-state index in [2.05, 4.69) is 9.84 Å². The molecule has 0 saturated heterocycles. The minimum absolute atomic E-state index is 0.0312. The van der Waals surface area contributed by atoms with Gasteiger partial charge in [-0.2, -0.15) is 5.10 Å². The number of fused-ring (bicyclic) bond motifs is 1. The standard InChI is InChI=1S/C13H20O6.C12H16N2O3/c1-4-19-12(16)10(14)9-7-5-6-8-13(17-2,18-3)11(9)15;1-3-17-12(16)11-8-6-4-5-7-9(15)10(8)13-14(11)2/h9H,4-8H2,1-3H3;3-7H2,1-2H3. The van der Waals surface area contributed by atoms with Gasteiger partial charge in [-0.05, 0) is 46.0 Å². The quantitative estimate of drug-likeness (QED) is 0.135. The lowest BCUT2D eigenvalue weighted by Crippen LogP contribution is -2.48. The van der Waals surface area contributed by atoms with E-state index in [1.54, 1.807) is 20.9 Å². The van der Waals surface area contributed by atoms with E-state index in [1.807, 2.05) is 0 Å². The first kappa shape index (κ1) is 29.3. The molecular formula is C25H36N2O9. The smallest absolute Gasteiger partial charge is 0.375 e. The number of hydrogen-bond acceptors (Lipinski definition) is 10. The lowest BCUT2D eigenvalue weighted by molar-refractivity contribution is -0.212. The van der Waals surface area contributed by atoms with E-state index in [-0.39, 0.29) is 12.4 Å². The van der Waals surface area contributed by atoms with Gasteiger partial charge in [0, 0.05) is 39.7 Å². The van der Waals surface area contributed by atoms with Crippen LogP contribution in [0.2, 0.25) is 0 Å². The molecule has 0 spiro atoms. The fourth-order valence-electron chi connectivity index (χ4n) is 4.50. The molecule has 11 nitrogen and oxygen atoms in total. The molecule has 3 rings (SSSR count). The van der Waals surface area contributed by atoms with E-state index < -0.39 is 35.2 Å².